The van der Waals surface area contributed by atoms with E-state index >= 15 is 0 Å². The van der Waals surface area contributed by atoms with Crippen LogP contribution in [0.15, 0.2) is 47.5 Å². The summed E-state index contributed by atoms with van der Waals surface area (Å²) in [4.78, 5) is 6.92. The fourth-order valence-corrected chi connectivity index (χ4v) is 3.96. The predicted octanol–water partition coefficient (Wildman–Crippen LogP) is 4.54. The summed E-state index contributed by atoms with van der Waals surface area (Å²) in [7, 11) is 5.14. The van der Waals surface area contributed by atoms with Gasteiger partial charge in [-0.15, -0.1) is 24.0 Å². The molecule has 1 atom stereocenters. The number of hydrogen-bond donors (Lipinski definition) is 2. The molecule has 1 unspecified atom stereocenters. The summed E-state index contributed by atoms with van der Waals surface area (Å²) in [6.45, 7) is 5.44. The van der Waals surface area contributed by atoms with Crippen molar-refractivity contribution in [3.63, 3.8) is 0 Å². The molecule has 0 saturated carbocycles. The molecule has 0 aliphatic carbocycles. The highest BCUT2D eigenvalue weighted by atomic mass is 127. The molecule has 2 aromatic carbocycles. The third-order valence-electron chi connectivity index (χ3n) is 5.49. The first-order valence-corrected chi connectivity index (χ1v) is 10.9. The topological polar surface area (TPSA) is 67.3 Å². The number of halogens is 1. The molecule has 2 N–H and O–H groups in total. The highest BCUT2D eigenvalue weighted by Crippen LogP contribution is 2.32. The number of para-hydroxylation sites is 1. The number of hydrogen-bond acceptors (Lipinski definition) is 5. The molecule has 8 heteroatoms. The number of methoxy groups -OCH3 is 2. The van der Waals surface area contributed by atoms with Crippen molar-refractivity contribution in [3.8, 4) is 17.2 Å². The van der Waals surface area contributed by atoms with Crippen molar-refractivity contribution >= 4 is 35.6 Å². The van der Waals surface area contributed by atoms with Crippen LogP contribution in [0.4, 0.5) is 5.69 Å². The number of guanidine groups is 1. The number of ether oxygens (including phenoxy) is 3. The predicted molar refractivity (Wildman–Crippen MR) is 141 cm³/mol. The molecule has 0 aromatic heterocycles. The zero-order valence-corrected chi connectivity index (χ0v) is 21.7. The minimum absolute atomic E-state index is 0. The molecule has 7 nitrogen and oxygen atoms in total. The van der Waals surface area contributed by atoms with E-state index in [4.69, 9.17) is 14.2 Å². The van der Waals surface area contributed by atoms with Gasteiger partial charge < -0.3 is 24.8 Å². The van der Waals surface area contributed by atoms with Crippen LogP contribution in [0, 0.1) is 0 Å². The minimum Gasteiger partial charge on any atom is -0.496 e. The van der Waals surface area contributed by atoms with Crippen LogP contribution in [-0.4, -0.2) is 58.4 Å². The summed E-state index contributed by atoms with van der Waals surface area (Å²) in [5, 5.41) is 6.84. The third-order valence-corrected chi connectivity index (χ3v) is 5.49. The molecule has 1 aliphatic rings. The van der Waals surface area contributed by atoms with Gasteiger partial charge in [0.2, 0.25) is 0 Å². The number of anilines is 1. The Hall–Kier alpha value is -2.20. The average Bonchev–Trinajstić information content (AvgIpc) is 3.34. The largest absolute Gasteiger partial charge is 0.496 e. The molecular formula is C24H35IN4O3. The Morgan fingerprint density at radius 1 is 1.03 bits per heavy atom. The van der Waals surface area contributed by atoms with E-state index < -0.39 is 0 Å². The van der Waals surface area contributed by atoms with Gasteiger partial charge >= 0.3 is 0 Å². The average molecular weight is 554 g/mol. The second kappa shape index (κ2) is 13.4. The van der Waals surface area contributed by atoms with Gasteiger partial charge in [0.1, 0.15) is 5.75 Å². The van der Waals surface area contributed by atoms with Crippen LogP contribution in [-0.2, 0) is 0 Å². The first kappa shape index (κ1) is 26.1. The van der Waals surface area contributed by atoms with Gasteiger partial charge in [-0.3, -0.25) is 9.89 Å². The Morgan fingerprint density at radius 3 is 2.41 bits per heavy atom. The lowest BCUT2D eigenvalue weighted by atomic mass is 10.0. The van der Waals surface area contributed by atoms with Gasteiger partial charge in [-0.25, -0.2) is 0 Å². The Labute approximate surface area is 208 Å². The zero-order valence-electron chi connectivity index (χ0n) is 19.4. The number of nitrogens with one attached hydrogen (secondary N) is 2. The Bertz CT molecular complexity index is 872. The standard InChI is InChI=1S/C24H34N4O3.HI/c1-5-31-22-13-12-18(16-23(22)30-4)27-24(25-2)26-17-20(28-14-8-9-15-28)19-10-6-7-11-21(19)29-3;/h6-7,10-13,16,20H,5,8-9,14-15,17H2,1-4H3,(H2,25,26,27);1H. The molecule has 3 rings (SSSR count). The van der Waals surface area contributed by atoms with Crippen molar-refractivity contribution in [3.05, 3.63) is 48.0 Å². The molecule has 0 bridgehead atoms. The molecule has 1 saturated heterocycles. The molecular weight excluding hydrogens is 519 g/mol. The first-order chi connectivity index (χ1) is 15.2. The summed E-state index contributed by atoms with van der Waals surface area (Å²) < 4.78 is 16.7. The van der Waals surface area contributed by atoms with Gasteiger partial charge in [-0.05, 0) is 51.1 Å². The van der Waals surface area contributed by atoms with E-state index in [1.54, 1.807) is 21.3 Å². The van der Waals surface area contributed by atoms with Crippen molar-refractivity contribution in [2.75, 3.05) is 52.8 Å². The quantitative estimate of drug-likeness (QED) is 0.270. The maximum atomic E-state index is 5.65. The molecule has 1 fully saturated rings. The SMILES string of the molecule is CCOc1ccc(NC(=NC)NCC(c2ccccc2OC)N2CCCC2)cc1OC.I. The third kappa shape index (κ3) is 6.65. The number of rotatable bonds is 9. The zero-order chi connectivity index (χ0) is 22.1. The molecule has 0 radical (unpaired) electrons. The number of nitrogens with zero attached hydrogens (tertiary/aromatic N) is 2. The highest BCUT2D eigenvalue weighted by Gasteiger charge is 2.26. The van der Waals surface area contributed by atoms with E-state index in [-0.39, 0.29) is 30.0 Å². The van der Waals surface area contributed by atoms with Crippen LogP contribution in [0.5, 0.6) is 17.2 Å². The monoisotopic (exact) mass is 554 g/mol. The van der Waals surface area contributed by atoms with E-state index in [1.165, 1.54) is 18.4 Å². The van der Waals surface area contributed by atoms with Crippen LogP contribution >= 0.6 is 24.0 Å². The van der Waals surface area contributed by atoms with Crippen LogP contribution in [0.2, 0.25) is 0 Å². The smallest absolute Gasteiger partial charge is 0.195 e. The molecule has 2 aromatic rings. The fourth-order valence-electron chi connectivity index (χ4n) is 3.96. The Morgan fingerprint density at radius 2 is 1.75 bits per heavy atom. The van der Waals surface area contributed by atoms with Crippen molar-refractivity contribution in [1.29, 1.82) is 0 Å². The summed E-state index contributed by atoms with van der Waals surface area (Å²) in [5.41, 5.74) is 2.07. The number of aliphatic imine (C=N–C) groups is 1. The summed E-state index contributed by atoms with van der Waals surface area (Å²) in [6.07, 6.45) is 2.45. The summed E-state index contributed by atoms with van der Waals surface area (Å²) in [6, 6.07) is 14.2. The Kier molecular flexibility index (Phi) is 10.9. The van der Waals surface area contributed by atoms with E-state index in [9.17, 15) is 0 Å². The van der Waals surface area contributed by atoms with Gasteiger partial charge in [0, 0.05) is 30.9 Å². The van der Waals surface area contributed by atoms with E-state index in [1.807, 2.05) is 37.3 Å². The molecule has 0 spiro atoms. The minimum atomic E-state index is 0. The second-order valence-corrected chi connectivity index (χ2v) is 7.38. The van der Waals surface area contributed by atoms with Gasteiger partial charge in [-0.2, -0.15) is 0 Å². The molecule has 176 valence electrons. The van der Waals surface area contributed by atoms with Crippen molar-refractivity contribution in [1.82, 2.24) is 10.2 Å². The lowest BCUT2D eigenvalue weighted by Gasteiger charge is -2.30. The lowest BCUT2D eigenvalue weighted by Crippen LogP contribution is -2.39. The second-order valence-electron chi connectivity index (χ2n) is 7.38. The normalized spacial score (nSPS) is 14.9. The molecule has 1 aliphatic heterocycles. The van der Waals surface area contributed by atoms with Gasteiger partial charge in [0.25, 0.3) is 0 Å². The first-order valence-electron chi connectivity index (χ1n) is 10.9. The van der Waals surface area contributed by atoms with Gasteiger partial charge in [0.15, 0.2) is 17.5 Å². The van der Waals surface area contributed by atoms with E-state index in [2.05, 4.69) is 32.7 Å². The van der Waals surface area contributed by atoms with Crippen LogP contribution in [0.25, 0.3) is 0 Å². The van der Waals surface area contributed by atoms with Crippen LogP contribution < -0.4 is 24.8 Å². The summed E-state index contributed by atoms with van der Waals surface area (Å²) in [5.74, 6) is 3.03. The van der Waals surface area contributed by atoms with Crippen molar-refractivity contribution in [2.45, 2.75) is 25.8 Å². The van der Waals surface area contributed by atoms with Crippen LogP contribution in [0.3, 0.4) is 0 Å². The maximum Gasteiger partial charge on any atom is 0.195 e. The van der Waals surface area contributed by atoms with Gasteiger partial charge in [-0.1, -0.05) is 18.2 Å². The van der Waals surface area contributed by atoms with E-state index in [0.717, 1.165) is 30.3 Å². The number of benzene rings is 2. The van der Waals surface area contributed by atoms with Crippen molar-refractivity contribution < 1.29 is 14.2 Å². The summed E-state index contributed by atoms with van der Waals surface area (Å²) >= 11 is 0. The highest BCUT2D eigenvalue weighted by molar-refractivity contribution is 14.0. The van der Waals surface area contributed by atoms with Crippen molar-refractivity contribution in [2.24, 2.45) is 4.99 Å². The van der Waals surface area contributed by atoms with Crippen LogP contribution in [0.1, 0.15) is 31.4 Å². The van der Waals surface area contributed by atoms with E-state index in [0.29, 0.717) is 24.9 Å². The fraction of sp³-hybridized carbons (Fsp3) is 0.458. The van der Waals surface area contributed by atoms with Gasteiger partial charge in [0.05, 0.1) is 26.9 Å². The maximum absolute atomic E-state index is 5.65. The Balaban J connectivity index is 0.00000363. The molecule has 32 heavy (non-hydrogen) atoms. The lowest BCUT2D eigenvalue weighted by molar-refractivity contribution is 0.240. The molecule has 0 amide bonds. The molecule has 1 heterocycles. The number of likely N-dealkylation sites (tertiary alicyclic amines) is 1.